The minimum absolute atomic E-state index is 0.433. The molecule has 4 heteroatoms. The van der Waals surface area contributed by atoms with E-state index in [1.807, 2.05) is 25.3 Å². The fraction of sp³-hybridized carbons (Fsp3) is 0.0909. The Kier molecular flexibility index (Phi) is 2.25. The van der Waals surface area contributed by atoms with Crippen molar-refractivity contribution < 1.29 is 4.79 Å². The maximum atomic E-state index is 11.2. The Morgan fingerprint density at radius 1 is 1.40 bits per heavy atom. The summed E-state index contributed by atoms with van der Waals surface area (Å²) in [5.74, 6) is -0.433. The van der Waals surface area contributed by atoms with E-state index in [0.29, 0.717) is 5.56 Å². The van der Waals surface area contributed by atoms with Crippen LogP contribution in [0.4, 0.5) is 0 Å². The van der Waals surface area contributed by atoms with Gasteiger partial charge in [0.05, 0.1) is 23.3 Å². The molecule has 0 aliphatic heterocycles. The largest absolute Gasteiger partial charge is 0.366 e. The van der Waals surface area contributed by atoms with Crippen molar-refractivity contribution in [3.05, 3.63) is 48.0 Å². The van der Waals surface area contributed by atoms with Crippen LogP contribution >= 0.6 is 0 Å². The van der Waals surface area contributed by atoms with Gasteiger partial charge in [-0.15, -0.1) is 0 Å². The molecule has 2 N–H and O–H groups in total. The number of aromatic nitrogens is 2. The fourth-order valence-corrected chi connectivity index (χ4v) is 1.46. The van der Waals surface area contributed by atoms with Crippen LogP contribution < -0.4 is 5.73 Å². The van der Waals surface area contributed by atoms with Crippen LogP contribution in [-0.4, -0.2) is 15.5 Å². The van der Waals surface area contributed by atoms with E-state index in [1.54, 1.807) is 23.0 Å². The SMILES string of the molecule is Cc1cn(-c2ccccc2C(N)=O)cn1. The van der Waals surface area contributed by atoms with Crippen LogP contribution in [0.3, 0.4) is 0 Å². The molecule has 1 heterocycles. The van der Waals surface area contributed by atoms with Crippen LogP contribution in [0.5, 0.6) is 0 Å². The quantitative estimate of drug-likeness (QED) is 0.795. The Bertz CT molecular complexity index is 502. The molecule has 0 aliphatic carbocycles. The summed E-state index contributed by atoms with van der Waals surface area (Å²) in [7, 11) is 0. The second kappa shape index (κ2) is 3.57. The number of nitrogens with zero attached hydrogens (tertiary/aromatic N) is 2. The first kappa shape index (κ1) is 9.45. The van der Waals surface area contributed by atoms with Gasteiger partial charge in [0, 0.05) is 6.20 Å². The Labute approximate surface area is 87.4 Å². The molecule has 0 saturated carbocycles. The number of benzene rings is 1. The number of hydrogen-bond acceptors (Lipinski definition) is 2. The molecule has 2 rings (SSSR count). The van der Waals surface area contributed by atoms with Gasteiger partial charge in [-0.1, -0.05) is 12.1 Å². The van der Waals surface area contributed by atoms with Crippen LogP contribution in [0, 0.1) is 6.92 Å². The van der Waals surface area contributed by atoms with Crippen molar-refractivity contribution in [1.29, 1.82) is 0 Å². The normalized spacial score (nSPS) is 10.2. The van der Waals surface area contributed by atoms with Crippen LogP contribution in [0.25, 0.3) is 5.69 Å². The highest BCUT2D eigenvalue weighted by atomic mass is 16.1. The molecule has 0 bridgehead atoms. The van der Waals surface area contributed by atoms with Gasteiger partial charge in [0.25, 0.3) is 5.91 Å². The van der Waals surface area contributed by atoms with Gasteiger partial charge in [-0.3, -0.25) is 4.79 Å². The highest BCUT2D eigenvalue weighted by Gasteiger charge is 2.08. The number of imidazole rings is 1. The summed E-state index contributed by atoms with van der Waals surface area (Å²) >= 11 is 0. The third kappa shape index (κ3) is 1.74. The highest BCUT2D eigenvalue weighted by Crippen LogP contribution is 2.13. The van der Waals surface area contributed by atoms with E-state index >= 15 is 0 Å². The molecule has 1 aromatic heterocycles. The lowest BCUT2D eigenvalue weighted by Gasteiger charge is -2.06. The topological polar surface area (TPSA) is 60.9 Å². The zero-order valence-electron chi connectivity index (χ0n) is 8.34. The Hall–Kier alpha value is -2.10. The molecule has 0 spiro atoms. The van der Waals surface area contributed by atoms with Crippen LogP contribution in [0.1, 0.15) is 16.1 Å². The molecular weight excluding hydrogens is 190 g/mol. The number of nitrogens with two attached hydrogens (primary N) is 1. The predicted octanol–water partition coefficient (Wildman–Crippen LogP) is 1.28. The number of primary amides is 1. The van der Waals surface area contributed by atoms with Gasteiger partial charge < -0.3 is 10.3 Å². The summed E-state index contributed by atoms with van der Waals surface area (Å²) in [6, 6.07) is 7.18. The van der Waals surface area contributed by atoms with E-state index in [4.69, 9.17) is 5.73 Å². The number of carbonyl (C=O) groups excluding carboxylic acids is 1. The van der Waals surface area contributed by atoms with E-state index in [2.05, 4.69) is 4.98 Å². The van der Waals surface area contributed by atoms with Gasteiger partial charge in [0.1, 0.15) is 0 Å². The molecular formula is C11H11N3O. The molecule has 1 aromatic carbocycles. The number of aryl methyl sites for hydroxylation is 1. The van der Waals surface area contributed by atoms with Crippen LogP contribution in [0.15, 0.2) is 36.8 Å². The molecule has 4 nitrogen and oxygen atoms in total. The van der Waals surface area contributed by atoms with Crippen molar-refractivity contribution >= 4 is 5.91 Å². The van der Waals surface area contributed by atoms with Gasteiger partial charge in [0.2, 0.25) is 0 Å². The Morgan fingerprint density at radius 2 is 2.13 bits per heavy atom. The first-order valence-electron chi connectivity index (χ1n) is 4.58. The average Bonchev–Trinajstić information content (AvgIpc) is 2.65. The van der Waals surface area contributed by atoms with Crippen molar-refractivity contribution in [3.8, 4) is 5.69 Å². The number of para-hydroxylation sites is 1. The van der Waals surface area contributed by atoms with E-state index in [1.165, 1.54) is 0 Å². The summed E-state index contributed by atoms with van der Waals surface area (Å²) in [6.07, 6.45) is 3.51. The molecule has 0 unspecified atom stereocenters. The number of hydrogen-bond donors (Lipinski definition) is 1. The summed E-state index contributed by atoms with van der Waals surface area (Å²) in [5, 5.41) is 0. The van der Waals surface area contributed by atoms with Gasteiger partial charge in [-0.05, 0) is 19.1 Å². The average molecular weight is 201 g/mol. The first-order valence-corrected chi connectivity index (χ1v) is 4.58. The molecule has 76 valence electrons. The van der Waals surface area contributed by atoms with Gasteiger partial charge in [-0.25, -0.2) is 4.98 Å². The maximum Gasteiger partial charge on any atom is 0.250 e. The monoisotopic (exact) mass is 201 g/mol. The van der Waals surface area contributed by atoms with Crippen molar-refractivity contribution in [2.24, 2.45) is 5.73 Å². The molecule has 0 saturated heterocycles. The van der Waals surface area contributed by atoms with E-state index in [9.17, 15) is 4.79 Å². The van der Waals surface area contributed by atoms with Gasteiger partial charge in [0.15, 0.2) is 0 Å². The molecule has 0 aliphatic rings. The number of rotatable bonds is 2. The van der Waals surface area contributed by atoms with Crippen molar-refractivity contribution in [2.75, 3.05) is 0 Å². The lowest BCUT2D eigenvalue weighted by Crippen LogP contribution is -2.14. The molecule has 0 fully saturated rings. The van der Waals surface area contributed by atoms with E-state index < -0.39 is 5.91 Å². The van der Waals surface area contributed by atoms with Crippen molar-refractivity contribution in [2.45, 2.75) is 6.92 Å². The Morgan fingerprint density at radius 3 is 2.73 bits per heavy atom. The fourth-order valence-electron chi connectivity index (χ4n) is 1.46. The molecule has 15 heavy (non-hydrogen) atoms. The lowest BCUT2D eigenvalue weighted by molar-refractivity contribution is 0.100. The maximum absolute atomic E-state index is 11.2. The van der Waals surface area contributed by atoms with Crippen LogP contribution in [-0.2, 0) is 0 Å². The van der Waals surface area contributed by atoms with E-state index in [0.717, 1.165) is 11.4 Å². The smallest absolute Gasteiger partial charge is 0.250 e. The number of amides is 1. The lowest BCUT2D eigenvalue weighted by atomic mass is 10.1. The summed E-state index contributed by atoms with van der Waals surface area (Å²) in [5.41, 5.74) is 7.43. The standard InChI is InChI=1S/C11H11N3O/c1-8-6-14(7-13-8)10-5-3-2-4-9(10)11(12)15/h2-7H,1H3,(H2,12,15). The molecule has 2 aromatic rings. The zero-order chi connectivity index (χ0) is 10.8. The minimum atomic E-state index is -0.433. The second-order valence-electron chi connectivity index (χ2n) is 3.30. The summed E-state index contributed by atoms with van der Waals surface area (Å²) in [4.78, 5) is 15.3. The highest BCUT2D eigenvalue weighted by molar-refractivity contribution is 5.96. The first-order chi connectivity index (χ1) is 7.18. The van der Waals surface area contributed by atoms with Gasteiger partial charge >= 0.3 is 0 Å². The molecule has 1 amide bonds. The third-order valence-electron chi connectivity index (χ3n) is 2.16. The van der Waals surface area contributed by atoms with E-state index in [-0.39, 0.29) is 0 Å². The summed E-state index contributed by atoms with van der Waals surface area (Å²) < 4.78 is 1.79. The summed E-state index contributed by atoms with van der Waals surface area (Å²) in [6.45, 7) is 1.89. The minimum Gasteiger partial charge on any atom is -0.366 e. The van der Waals surface area contributed by atoms with Crippen LogP contribution in [0.2, 0.25) is 0 Å². The van der Waals surface area contributed by atoms with Gasteiger partial charge in [-0.2, -0.15) is 0 Å². The second-order valence-corrected chi connectivity index (χ2v) is 3.30. The Balaban J connectivity index is 2.57. The molecule has 0 radical (unpaired) electrons. The molecule has 0 atom stereocenters. The third-order valence-corrected chi connectivity index (χ3v) is 2.16. The van der Waals surface area contributed by atoms with Crippen molar-refractivity contribution in [1.82, 2.24) is 9.55 Å². The number of carbonyl (C=O) groups is 1. The van der Waals surface area contributed by atoms with Crippen molar-refractivity contribution in [3.63, 3.8) is 0 Å². The predicted molar refractivity (Wildman–Crippen MR) is 56.8 cm³/mol. The zero-order valence-corrected chi connectivity index (χ0v) is 8.34.